The summed E-state index contributed by atoms with van der Waals surface area (Å²) in [5.41, 5.74) is 1.70. The SMILES string of the molecule is Cc1[c-]n(C(C)C)nn1.Cc1[c-]nn(C(C)C)n1.[Y].[Y]. The first-order chi connectivity index (χ1) is 8.40. The Labute approximate surface area is 171 Å². The minimum absolute atomic E-state index is 0. The summed E-state index contributed by atoms with van der Waals surface area (Å²) in [6, 6.07) is 0.709. The van der Waals surface area contributed by atoms with E-state index < -0.39 is 0 Å². The maximum absolute atomic E-state index is 4.06. The third-order valence-electron chi connectivity index (χ3n) is 2.09. The zero-order valence-corrected chi connectivity index (χ0v) is 18.7. The van der Waals surface area contributed by atoms with Gasteiger partial charge >= 0.3 is 0 Å². The molecule has 2 aromatic rings. The van der Waals surface area contributed by atoms with E-state index in [9.17, 15) is 0 Å². The fourth-order valence-electron chi connectivity index (χ4n) is 1.11. The Kier molecular flexibility index (Phi) is 12.6. The summed E-state index contributed by atoms with van der Waals surface area (Å²) in [4.78, 5) is 1.65. The van der Waals surface area contributed by atoms with Crippen LogP contribution in [-0.4, -0.2) is 30.0 Å². The molecule has 20 heavy (non-hydrogen) atoms. The van der Waals surface area contributed by atoms with E-state index in [2.05, 4.69) is 32.9 Å². The van der Waals surface area contributed by atoms with Crippen LogP contribution in [0.15, 0.2) is 0 Å². The number of rotatable bonds is 2. The van der Waals surface area contributed by atoms with Crippen LogP contribution in [0.1, 0.15) is 51.2 Å². The fraction of sp³-hybridized carbons (Fsp3) is 0.667. The first kappa shape index (κ1) is 22.8. The second-order valence-electron chi connectivity index (χ2n) is 4.64. The summed E-state index contributed by atoms with van der Waals surface area (Å²) in [6.45, 7) is 11.9. The van der Waals surface area contributed by atoms with Crippen molar-refractivity contribution in [3.05, 3.63) is 23.8 Å². The van der Waals surface area contributed by atoms with Crippen molar-refractivity contribution in [1.82, 2.24) is 30.0 Å². The quantitative estimate of drug-likeness (QED) is 0.689. The van der Waals surface area contributed by atoms with Gasteiger partial charge in [-0.2, -0.15) is 10.2 Å². The third-order valence-corrected chi connectivity index (χ3v) is 2.09. The first-order valence-electron chi connectivity index (χ1n) is 6.02. The molecule has 0 aliphatic carbocycles. The van der Waals surface area contributed by atoms with Gasteiger partial charge in [-0.1, -0.05) is 13.8 Å². The van der Waals surface area contributed by atoms with Crippen molar-refractivity contribution in [3.8, 4) is 0 Å². The zero-order chi connectivity index (χ0) is 13.7. The predicted octanol–water partition coefficient (Wildman–Crippen LogP) is 1.93. The van der Waals surface area contributed by atoms with E-state index in [0.29, 0.717) is 12.1 Å². The van der Waals surface area contributed by atoms with E-state index in [1.807, 2.05) is 41.5 Å². The van der Waals surface area contributed by atoms with Gasteiger partial charge in [-0.3, -0.25) is 0 Å². The smallest absolute Gasteiger partial charge is 0.0626 e. The molecular formula is C12H20N6Y2-2. The molecule has 0 fully saturated rings. The normalized spacial score (nSPS) is 9.60. The summed E-state index contributed by atoms with van der Waals surface area (Å²) < 4.78 is 1.72. The molecule has 0 N–H and O–H groups in total. The molecule has 0 atom stereocenters. The molecule has 106 valence electrons. The molecule has 6 nitrogen and oxygen atoms in total. The van der Waals surface area contributed by atoms with Gasteiger partial charge in [0.25, 0.3) is 0 Å². The molecule has 8 heteroatoms. The van der Waals surface area contributed by atoms with Crippen LogP contribution in [0.3, 0.4) is 0 Å². The average Bonchev–Trinajstić information content (AvgIpc) is 2.88. The Morgan fingerprint density at radius 3 is 1.75 bits per heavy atom. The molecule has 2 radical (unpaired) electrons. The van der Waals surface area contributed by atoms with Crippen LogP contribution in [0, 0.1) is 26.2 Å². The van der Waals surface area contributed by atoms with Gasteiger partial charge in [-0.15, -0.1) is 16.6 Å². The zero-order valence-electron chi connectivity index (χ0n) is 13.0. The summed E-state index contributed by atoms with van der Waals surface area (Å²) in [5.74, 6) is 0. The van der Waals surface area contributed by atoms with Gasteiger partial charge in [0.1, 0.15) is 0 Å². The van der Waals surface area contributed by atoms with Gasteiger partial charge in [0.2, 0.25) is 0 Å². The molecule has 0 unspecified atom stereocenters. The molecule has 0 saturated heterocycles. The standard InChI is InChI=1S/2C6H10N3.2Y/c1-5(2)9-4-6(3)7-8-9;1-5(2)9-7-4-6(3)8-9;;/h2*5H,1-3H3;;/q2*-1;;. The first-order valence-corrected chi connectivity index (χ1v) is 6.02. The number of hydrogen-bond acceptors (Lipinski definition) is 4. The molecular weight excluding hydrogens is 406 g/mol. The molecule has 2 aromatic heterocycles. The van der Waals surface area contributed by atoms with Gasteiger partial charge in [-0.05, 0) is 27.7 Å². The summed E-state index contributed by atoms with van der Waals surface area (Å²) in [5, 5.41) is 15.6. The van der Waals surface area contributed by atoms with Crippen LogP contribution < -0.4 is 0 Å². The summed E-state index contributed by atoms with van der Waals surface area (Å²) in [7, 11) is 0. The fourth-order valence-corrected chi connectivity index (χ4v) is 1.11. The average molecular weight is 426 g/mol. The van der Waals surface area contributed by atoms with Crippen LogP contribution in [-0.2, 0) is 65.4 Å². The minimum atomic E-state index is 0. The number of aromatic nitrogens is 6. The van der Waals surface area contributed by atoms with Gasteiger partial charge in [-0.25, -0.2) is 4.80 Å². The minimum Gasteiger partial charge on any atom is -0.424 e. The van der Waals surface area contributed by atoms with E-state index in [1.165, 1.54) is 0 Å². The van der Waals surface area contributed by atoms with Crippen LogP contribution in [0.25, 0.3) is 0 Å². The van der Waals surface area contributed by atoms with Gasteiger partial charge in [0.15, 0.2) is 0 Å². The second kappa shape index (κ2) is 11.1. The second-order valence-corrected chi connectivity index (χ2v) is 4.64. The van der Waals surface area contributed by atoms with Gasteiger partial charge in [0, 0.05) is 71.5 Å². The van der Waals surface area contributed by atoms with Crippen LogP contribution in [0.5, 0.6) is 0 Å². The molecule has 0 aromatic carbocycles. The van der Waals surface area contributed by atoms with Crippen molar-refractivity contribution >= 4 is 0 Å². The van der Waals surface area contributed by atoms with Crippen LogP contribution >= 0.6 is 0 Å². The molecule has 0 spiro atoms. The Bertz CT molecular complexity index is 434. The molecule has 0 saturated carbocycles. The predicted molar refractivity (Wildman–Crippen MR) is 68.0 cm³/mol. The van der Waals surface area contributed by atoms with Crippen molar-refractivity contribution < 1.29 is 65.4 Å². The van der Waals surface area contributed by atoms with Crippen molar-refractivity contribution in [2.24, 2.45) is 0 Å². The Hall–Kier alpha value is 0.488. The van der Waals surface area contributed by atoms with E-state index in [1.54, 1.807) is 9.48 Å². The van der Waals surface area contributed by atoms with Crippen molar-refractivity contribution in [3.63, 3.8) is 0 Å². The largest absolute Gasteiger partial charge is 0.424 e. The van der Waals surface area contributed by atoms with Crippen molar-refractivity contribution in [2.75, 3.05) is 0 Å². The Morgan fingerprint density at radius 1 is 0.950 bits per heavy atom. The molecule has 0 aliphatic heterocycles. The number of hydrogen-bond donors (Lipinski definition) is 0. The maximum atomic E-state index is 4.06. The number of nitrogens with zero attached hydrogens (tertiary/aromatic N) is 6. The topological polar surface area (TPSA) is 61.4 Å². The van der Waals surface area contributed by atoms with Crippen molar-refractivity contribution in [2.45, 2.75) is 53.6 Å². The number of aryl methyl sites for hydroxylation is 2. The van der Waals surface area contributed by atoms with E-state index >= 15 is 0 Å². The molecule has 0 amide bonds. The third kappa shape index (κ3) is 8.06. The Balaban J connectivity index is 0. The maximum Gasteiger partial charge on any atom is 0.0626 e. The van der Waals surface area contributed by atoms with E-state index in [-0.39, 0.29) is 65.4 Å². The molecule has 2 rings (SSSR count). The monoisotopic (exact) mass is 426 g/mol. The summed E-state index contributed by atoms with van der Waals surface area (Å²) in [6.07, 6.45) is 5.72. The Morgan fingerprint density at radius 2 is 1.55 bits per heavy atom. The van der Waals surface area contributed by atoms with E-state index in [0.717, 1.165) is 11.4 Å². The molecule has 0 bridgehead atoms. The van der Waals surface area contributed by atoms with E-state index in [4.69, 9.17) is 0 Å². The van der Waals surface area contributed by atoms with Gasteiger partial charge in [0.05, 0.1) is 6.04 Å². The van der Waals surface area contributed by atoms with Crippen molar-refractivity contribution in [1.29, 1.82) is 0 Å². The van der Waals surface area contributed by atoms with Gasteiger partial charge < -0.3 is 22.2 Å². The summed E-state index contributed by atoms with van der Waals surface area (Å²) >= 11 is 0. The van der Waals surface area contributed by atoms with Crippen LogP contribution in [0.2, 0.25) is 0 Å². The molecule has 2 heterocycles. The molecule has 0 aliphatic rings. The van der Waals surface area contributed by atoms with Crippen LogP contribution in [0.4, 0.5) is 0 Å².